The van der Waals surface area contributed by atoms with Crippen molar-refractivity contribution in [3.8, 4) is 0 Å². The van der Waals surface area contributed by atoms with Crippen LogP contribution in [0.25, 0.3) is 0 Å². The standard InChI is InChI=1S/C43H80O13P2/c1-4-6-8-10-12-14-16-18-20-22-24-26-28-30-32-34-42(45)52-38-41(39-55-58(49,50)54-37-40(44)36-53-57(47,48)51-3)56-43(46)35-33-31-29-27-25-23-21-19-17-15-13-11-9-7-5-2/h12-15,18,20,40-41,44H,4-11,16-17,19,21-39H2,1-3H3,(H,47,48)(H,49,50)/b14-12+,15-13+,20-18+/t40-,41-/m1/s1. The minimum atomic E-state index is -4.78. The molecule has 2 unspecified atom stereocenters. The van der Waals surface area contributed by atoms with Gasteiger partial charge in [0.15, 0.2) is 6.10 Å². The molecule has 0 aromatic rings. The van der Waals surface area contributed by atoms with E-state index >= 15 is 0 Å². The number of carbonyl (C=O) groups is 2. The smallest absolute Gasteiger partial charge is 0.462 e. The molecule has 3 N–H and O–H groups in total. The van der Waals surface area contributed by atoms with Crippen LogP contribution in [0.3, 0.4) is 0 Å². The highest BCUT2D eigenvalue weighted by Crippen LogP contribution is 2.44. The molecule has 0 spiro atoms. The van der Waals surface area contributed by atoms with Gasteiger partial charge >= 0.3 is 27.6 Å². The number of esters is 2. The predicted molar refractivity (Wildman–Crippen MR) is 230 cm³/mol. The van der Waals surface area contributed by atoms with Gasteiger partial charge in [-0.05, 0) is 70.6 Å². The van der Waals surface area contributed by atoms with E-state index in [4.69, 9.17) is 18.5 Å². The van der Waals surface area contributed by atoms with Crippen LogP contribution in [0.5, 0.6) is 0 Å². The molecule has 15 heteroatoms. The Labute approximate surface area is 350 Å². The van der Waals surface area contributed by atoms with Gasteiger partial charge in [0.1, 0.15) is 12.7 Å². The maximum Gasteiger partial charge on any atom is 0.472 e. The molecule has 0 aromatic heterocycles. The Hall–Kier alpha value is -1.66. The third kappa shape index (κ3) is 39.8. The normalized spacial score (nSPS) is 15.2. The molecule has 58 heavy (non-hydrogen) atoms. The minimum Gasteiger partial charge on any atom is -0.462 e. The molecule has 0 saturated carbocycles. The number of allylic oxidation sites excluding steroid dienone is 6. The number of phosphoric ester groups is 2. The fourth-order valence-corrected chi connectivity index (χ4v) is 6.97. The third-order valence-electron chi connectivity index (χ3n) is 9.22. The van der Waals surface area contributed by atoms with Crippen LogP contribution in [-0.2, 0) is 46.3 Å². The largest absolute Gasteiger partial charge is 0.472 e. The van der Waals surface area contributed by atoms with E-state index in [2.05, 4.69) is 59.4 Å². The number of hydrogen-bond donors (Lipinski definition) is 3. The van der Waals surface area contributed by atoms with Crippen molar-refractivity contribution in [3.63, 3.8) is 0 Å². The molecule has 0 saturated heterocycles. The van der Waals surface area contributed by atoms with E-state index in [9.17, 15) is 33.6 Å². The van der Waals surface area contributed by atoms with Crippen LogP contribution in [-0.4, -0.2) is 72.6 Å². The van der Waals surface area contributed by atoms with Crippen LogP contribution in [0.1, 0.15) is 181 Å². The summed E-state index contributed by atoms with van der Waals surface area (Å²) in [6.07, 6.45) is 37.3. The molecule has 4 atom stereocenters. The molecule has 0 amide bonds. The van der Waals surface area contributed by atoms with Crippen molar-refractivity contribution in [2.24, 2.45) is 0 Å². The summed E-state index contributed by atoms with van der Waals surface area (Å²) in [5, 5.41) is 9.89. The number of aliphatic hydroxyl groups is 1. The van der Waals surface area contributed by atoms with Gasteiger partial charge in [-0.1, -0.05) is 134 Å². The van der Waals surface area contributed by atoms with Crippen LogP contribution in [0.4, 0.5) is 0 Å². The zero-order valence-corrected chi connectivity index (χ0v) is 37.9. The van der Waals surface area contributed by atoms with Gasteiger partial charge in [0.2, 0.25) is 0 Å². The van der Waals surface area contributed by atoms with Gasteiger partial charge in [-0.2, -0.15) is 0 Å². The summed E-state index contributed by atoms with van der Waals surface area (Å²) in [7, 11) is -8.21. The summed E-state index contributed by atoms with van der Waals surface area (Å²) < 4.78 is 53.2. The molecule has 0 fully saturated rings. The van der Waals surface area contributed by atoms with Crippen LogP contribution >= 0.6 is 15.6 Å². The topological polar surface area (TPSA) is 184 Å². The van der Waals surface area contributed by atoms with Crippen molar-refractivity contribution in [3.05, 3.63) is 36.5 Å². The summed E-state index contributed by atoms with van der Waals surface area (Å²) in [5.41, 5.74) is 0. The lowest BCUT2D eigenvalue weighted by atomic mass is 10.1. The fraction of sp³-hybridized carbons (Fsp3) is 0.814. The van der Waals surface area contributed by atoms with Crippen molar-refractivity contribution in [2.45, 2.75) is 193 Å². The summed E-state index contributed by atoms with van der Waals surface area (Å²) in [6.45, 7) is 1.94. The molecule has 0 aliphatic carbocycles. The Bertz CT molecular complexity index is 1180. The zero-order valence-electron chi connectivity index (χ0n) is 36.2. The van der Waals surface area contributed by atoms with Gasteiger partial charge in [-0.3, -0.25) is 27.7 Å². The molecular formula is C43H80O13P2. The second kappa shape index (κ2) is 39.5. The summed E-state index contributed by atoms with van der Waals surface area (Å²) in [6, 6.07) is 0. The van der Waals surface area contributed by atoms with Gasteiger partial charge in [-0.25, -0.2) is 9.13 Å². The Morgan fingerprint density at radius 3 is 1.40 bits per heavy atom. The van der Waals surface area contributed by atoms with Crippen LogP contribution in [0.15, 0.2) is 36.5 Å². The van der Waals surface area contributed by atoms with Gasteiger partial charge < -0.3 is 24.4 Å². The number of aliphatic hydroxyl groups excluding tert-OH is 1. The highest BCUT2D eigenvalue weighted by molar-refractivity contribution is 7.47. The second-order valence-corrected chi connectivity index (χ2v) is 17.8. The summed E-state index contributed by atoms with van der Waals surface area (Å²) in [4.78, 5) is 44.6. The first-order valence-electron chi connectivity index (χ1n) is 22.1. The SMILES string of the molecule is CCCCC/C=C/C/C=C/CCCCCCCC(=O)OC[C@H](COP(=O)(O)OC[C@H](O)COP(=O)(O)OC)OC(=O)CCCCCCCCCC/C=C/CCCCC. The Kier molecular flexibility index (Phi) is 38.3. The molecule has 0 heterocycles. The molecule has 0 aromatic carbocycles. The number of carbonyl (C=O) groups excluding carboxylic acids is 2. The van der Waals surface area contributed by atoms with E-state index in [1.54, 1.807) is 0 Å². The van der Waals surface area contributed by atoms with Crippen LogP contribution in [0, 0.1) is 0 Å². The maximum absolute atomic E-state index is 12.7. The number of phosphoric acid groups is 2. The molecule has 0 rings (SSSR count). The van der Waals surface area contributed by atoms with Crippen LogP contribution < -0.4 is 0 Å². The quantitative estimate of drug-likeness (QED) is 0.0228. The highest BCUT2D eigenvalue weighted by Gasteiger charge is 2.28. The predicted octanol–water partition coefficient (Wildman–Crippen LogP) is 11.6. The molecule has 13 nitrogen and oxygen atoms in total. The average Bonchev–Trinajstić information content (AvgIpc) is 3.20. The molecule has 0 aliphatic heterocycles. The number of hydrogen-bond acceptors (Lipinski definition) is 11. The van der Waals surface area contributed by atoms with E-state index in [1.807, 2.05) is 0 Å². The second-order valence-electron chi connectivity index (χ2n) is 14.8. The fourth-order valence-electron chi connectivity index (χ4n) is 5.72. The highest BCUT2D eigenvalue weighted by atomic mass is 31.2. The van der Waals surface area contributed by atoms with Crippen molar-refractivity contribution in [2.75, 3.05) is 33.5 Å². The molecular weight excluding hydrogens is 786 g/mol. The van der Waals surface area contributed by atoms with Crippen molar-refractivity contribution < 1.29 is 61.2 Å². The Balaban J connectivity index is 4.59. The van der Waals surface area contributed by atoms with E-state index in [0.717, 1.165) is 84.2 Å². The van der Waals surface area contributed by atoms with Crippen molar-refractivity contribution >= 4 is 27.6 Å². The summed E-state index contributed by atoms with van der Waals surface area (Å²) in [5.74, 6) is -1.02. The van der Waals surface area contributed by atoms with E-state index in [-0.39, 0.29) is 19.4 Å². The van der Waals surface area contributed by atoms with Crippen molar-refractivity contribution in [1.82, 2.24) is 0 Å². The Morgan fingerprint density at radius 2 is 0.914 bits per heavy atom. The molecule has 340 valence electrons. The van der Waals surface area contributed by atoms with Gasteiger partial charge in [0, 0.05) is 20.0 Å². The van der Waals surface area contributed by atoms with E-state index in [1.165, 1.54) is 64.2 Å². The molecule has 0 bridgehead atoms. The first kappa shape index (κ1) is 56.3. The third-order valence-corrected chi connectivity index (χ3v) is 11.1. The number of unbranched alkanes of at least 4 members (excludes halogenated alkanes) is 19. The monoisotopic (exact) mass is 867 g/mol. The average molecular weight is 867 g/mol. The lowest BCUT2D eigenvalue weighted by Crippen LogP contribution is -2.30. The number of rotatable bonds is 42. The van der Waals surface area contributed by atoms with Crippen molar-refractivity contribution in [1.29, 1.82) is 0 Å². The molecule has 0 radical (unpaired) electrons. The Morgan fingerprint density at radius 1 is 0.517 bits per heavy atom. The summed E-state index contributed by atoms with van der Waals surface area (Å²) >= 11 is 0. The minimum absolute atomic E-state index is 0.136. The van der Waals surface area contributed by atoms with E-state index < -0.39 is 59.6 Å². The zero-order chi connectivity index (χ0) is 43.0. The van der Waals surface area contributed by atoms with Gasteiger partial charge in [-0.15, -0.1) is 0 Å². The lowest BCUT2D eigenvalue weighted by Gasteiger charge is -2.20. The first-order chi connectivity index (χ1) is 27.9. The van der Waals surface area contributed by atoms with E-state index in [0.29, 0.717) is 12.8 Å². The van der Waals surface area contributed by atoms with Crippen LogP contribution in [0.2, 0.25) is 0 Å². The maximum atomic E-state index is 12.7. The molecule has 0 aliphatic rings. The lowest BCUT2D eigenvalue weighted by molar-refractivity contribution is -0.161. The van der Waals surface area contributed by atoms with Gasteiger partial charge in [0.25, 0.3) is 0 Å². The first-order valence-corrected chi connectivity index (χ1v) is 25.1. The number of ether oxygens (including phenoxy) is 2. The van der Waals surface area contributed by atoms with Gasteiger partial charge in [0.05, 0.1) is 19.8 Å².